The van der Waals surface area contributed by atoms with E-state index < -0.39 is 13.7 Å². The van der Waals surface area contributed by atoms with Gasteiger partial charge in [0.1, 0.15) is 0 Å². The van der Waals surface area contributed by atoms with Crippen LogP contribution in [0.3, 0.4) is 0 Å². The molecule has 0 aliphatic carbocycles. The molecule has 17 heavy (non-hydrogen) atoms. The summed E-state index contributed by atoms with van der Waals surface area (Å²) in [5, 5.41) is 2.86. The Bertz CT molecular complexity index is 355. The van der Waals surface area contributed by atoms with E-state index in [2.05, 4.69) is 52.0 Å². The molecule has 5 heteroatoms. The van der Waals surface area contributed by atoms with Crippen molar-refractivity contribution in [3.63, 3.8) is 0 Å². The number of nitrogens with one attached hydrogen (secondary N) is 1. The topological polar surface area (TPSA) is 38.3 Å². The second-order valence-electron chi connectivity index (χ2n) is 5.74. The summed E-state index contributed by atoms with van der Waals surface area (Å²) in [6.45, 7) is 12.1. The first-order chi connectivity index (χ1) is 7.49. The summed E-state index contributed by atoms with van der Waals surface area (Å²) >= 11 is 3.76. The molecule has 1 N–H and O–H groups in total. The van der Waals surface area contributed by atoms with Crippen LogP contribution in [0.4, 0.5) is 0 Å². The Morgan fingerprint density at radius 3 is 2.29 bits per heavy atom. The van der Waals surface area contributed by atoms with Gasteiger partial charge in [-0.25, -0.2) is 0 Å². The molecule has 0 rings (SSSR count). The van der Waals surface area contributed by atoms with Crippen molar-refractivity contribution >= 4 is 18.6 Å². The molecule has 0 spiro atoms. The fourth-order valence-electron chi connectivity index (χ4n) is 0.810. The molecule has 0 fully saturated rings. The van der Waals surface area contributed by atoms with Crippen LogP contribution in [0.15, 0.2) is 0 Å². The number of rotatable bonds is 3. The molecule has 0 bridgehead atoms. The minimum atomic E-state index is -1.39. The molecule has 0 saturated carbocycles. The van der Waals surface area contributed by atoms with Gasteiger partial charge in [0, 0.05) is 0 Å². The molecule has 0 heterocycles. The summed E-state index contributed by atoms with van der Waals surface area (Å²) in [5.74, 6) is 2.64. The summed E-state index contributed by atoms with van der Waals surface area (Å²) in [7, 11) is -1.39. The maximum atomic E-state index is 11.4. The molecule has 0 amide bonds. The van der Waals surface area contributed by atoms with Gasteiger partial charge < -0.3 is 0 Å². The quantitative estimate of drug-likeness (QED) is 0.487. The first kappa shape index (κ1) is 16.6. The van der Waals surface area contributed by atoms with Crippen LogP contribution in [0.1, 0.15) is 20.8 Å². The van der Waals surface area contributed by atoms with E-state index in [-0.39, 0.29) is 12.5 Å². The Labute approximate surface area is 113 Å². The predicted octanol–water partition coefficient (Wildman–Crippen LogP) is 1.48. The van der Waals surface area contributed by atoms with Gasteiger partial charge in [0.15, 0.2) is 0 Å². The van der Waals surface area contributed by atoms with Crippen molar-refractivity contribution < 1.29 is 25.1 Å². The van der Waals surface area contributed by atoms with Crippen LogP contribution < -0.4 is 5.32 Å². The molecule has 0 radical (unpaired) electrons. The van der Waals surface area contributed by atoms with Gasteiger partial charge in [0.05, 0.1) is 0 Å². The van der Waals surface area contributed by atoms with Gasteiger partial charge in [-0.1, -0.05) is 0 Å². The van der Waals surface area contributed by atoms with E-state index in [9.17, 15) is 4.79 Å². The number of hydrogen-bond donors (Lipinski definition) is 1. The fourth-order valence-corrected chi connectivity index (χ4v) is 1.60. The van der Waals surface area contributed by atoms with Gasteiger partial charge >= 0.3 is 113 Å². The van der Waals surface area contributed by atoms with Gasteiger partial charge in [-0.15, -0.1) is 0 Å². The van der Waals surface area contributed by atoms with E-state index in [1.54, 1.807) is 0 Å². The summed E-state index contributed by atoms with van der Waals surface area (Å²) in [5.41, 5.74) is 2.71. The Morgan fingerprint density at radius 2 is 1.88 bits per heavy atom. The van der Waals surface area contributed by atoms with Crippen LogP contribution in [0, 0.1) is 11.5 Å². The number of hydrogen-bond acceptors (Lipinski definition) is 3. The third-order valence-electron chi connectivity index (χ3n) is 1.35. The molecule has 0 aliphatic heterocycles. The third-order valence-corrected chi connectivity index (χ3v) is 2.56. The molecule has 0 aromatic heterocycles. The molecule has 97 valence electrons. The van der Waals surface area contributed by atoms with E-state index in [0.717, 1.165) is 0 Å². The van der Waals surface area contributed by atoms with E-state index in [1.807, 2.05) is 20.8 Å². The van der Waals surface area contributed by atoms with Gasteiger partial charge in [0.25, 0.3) is 0 Å². The second kappa shape index (κ2) is 6.51. The van der Waals surface area contributed by atoms with E-state index in [1.165, 1.54) is 0 Å². The van der Waals surface area contributed by atoms with Crippen molar-refractivity contribution in [3.8, 4) is 11.5 Å². The van der Waals surface area contributed by atoms with Gasteiger partial charge in [-0.2, -0.15) is 0 Å². The molecule has 0 unspecified atom stereocenters. The Morgan fingerprint density at radius 1 is 1.35 bits per heavy atom. The molecule has 0 aliphatic rings. The Kier molecular flexibility index (Phi) is 6.35. The molecule has 0 saturated heterocycles. The molecular weight excluding hydrogens is 274 g/mol. The minimum absolute atomic E-state index is 0.108. The van der Waals surface area contributed by atoms with Crippen molar-refractivity contribution in [3.05, 3.63) is 0 Å². The van der Waals surface area contributed by atoms with Crippen molar-refractivity contribution in [2.75, 3.05) is 6.54 Å². The SMILES string of the molecule is CC(C)(C)OC(=O)CN[C](=[Fe+])C#C[Si](C)(C)C. The zero-order valence-corrected chi connectivity index (χ0v) is 13.5. The van der Waals surface area contributed by atoms with Gasteiger partial charge in [0.2, 0.25) is 0 Å². The number of carbonyl (C=O) groups is 1. The van der Waals surface area contributed by atoms with Crippen molar-refractivity contribution in [2.24, 2.45) is 0 Å². The molecule has 3 nitrogen and oxygen atoms in total. The average Bonchev–Trinajstić information content (AvgIpc) is 2.07. The van der Waals surface area contributed by atoms with Crippen LogP contribution in [0.2, 0.25) is 19.6 Å². The van der Waals surface area contributed by atoms with Crippen LogP contribution in [-0.4, -0.2) is 30.7 Å². The summed E-state index contributed by atoms with van der Waals surface area (Å²) < 4.78 is 5.72. The Balaban J connectivity index is 4.09. The molecular formula is C12H21FeNO2Si+. The summed E-state index contributed by atoms with van der Waals surface area (Å²) in [6, 6.07) is 0. The van der Waals surface area contributed by atoms with Crippen molar-refractivity contribution in [1.82, 2.24) is 5.32 Å². The first-order valence-electron chi connectivity index (χ1n) is 5.50. The third kappa shape index (κ3) is 11.9. The number of ether oxygens (including phenoxy) is 1. The predicted molar refractivity (Wildman–Crippen MR) is 70.0 cm³/mol. The second-order valence-corrected chi connectivity index (χ2v) is 11.0. The zero-order valence-electron chi connectivity index (χ0n) is 11.4. The van der Waals surface area contributed by atoms with Gasteiger partial charge in [-0.05, 0) is 0 Å². The summed E-state index contributed by atoms with van der Waals surface area (Å²) in [4.78, 5) is 11.4. The number of carbonyl (C=O) groups excluding carboxylic acids is 1. The van der Waals surface area contributed by atoms with Crippen LogP contribution in [-0.2, 0) is 25.1 Å². The van der Waals surface area contributed by atoms with Crippen molar-refractivity contribution in [1.29, 1.82) is 0 Å². The monoisotopic (exact) mass is 295 g/mol. The van der Waals surface area contributed by atoms with Crippen LogP contribution in [0.5, 0.6) is 0 Å². The van der Waals surface area contributed by atoms with Crippen LogP contribution >= 0.6 is 0 Å². The zero-order chi connectivity index (χ0) is 13.7. The molecule has 0 aromatic carbocycles. The average molecular weight is 295 g/mol. The van der Waals surface area contributed by atoms with E-state index in [0.29, 0.717) is 4.54 Å². The summed E-state index contributed by atoms with van der Waals surface area (Å²) in [6.07, 6.45) is 0. The van der Waals surface area contributed by atoms with Crippen molar-refractivity contribution in [2.45, 2.75) is 46.0 Å². The van der Waals surface area contributed by atoms with Gasteiger partial charge in [-0.3, -0.25) is 0 Å². The molecule has 0 aromatic rings. The first-order valence-corrected chi connectivity index (χ1v) is 9.55. The Hall–Kier alpha value is -0.404. The maximum absolute atomic E-state index is 11.4. The molecule has 0 atom stereocenters. The van der Waals surface area contributed by atoms with E-state index >= 15 is 0 Å². The van der Waals surface area contributed by atoms with Crippen LogP contribution in [0.25, 0.3) is 0 Å². The fraction of sp³-hybridized carbons (Fsp3) is 0.667. The normalized spacial score (nSPS) is 11.4. The standard InChI is InChI=1S/C12H21NO2Si.Fe/c1-12(2,3)15-11(14)10-13-8-7-9-16(4,5)6;/h13H,10H2,1-6H3;/q;+1. The number of esters is 1. The van der Waals surface area contributed by atoms with E-state index in [4.69, 9.17) is 4.74 Å².